The van der Waals surface area contributed by atoms with Crippen molar-refractivity contribution in [3.63, 3.8) is 0 Å². The Hall–Kier alpha value is -1.82. The average molecular weight is 265 g/mol. The number of benzene rings is 1. The molecule has 1 aromatic carbocycles. The van der Waals surface area contributed by atoms with E-state index in [0.717, 1.165) is 5.56 Å². The van der Waals surface area contributed by atoms with Crippen molar-refractivity contribution < 1.29 is 8.42 Å². The summed E-state index contributed by atoms with van der Waals surface area (Å²) in [6.45, 7) is 3.59. The van der Waals surface area contributed by atoms with Crippen molar-refractivity contribution in [2.45, 2.75) is 18.9 Å². The molecule has 0 aliphatic rings. The van der Waals surface area contributed by atoms with Crippen molar-refractivity contribution in [1.82, 2.24) is 9.97 Å². The van der Waals surface area contributed by atoms with Gasteiger partial charge in [0.1, 0.15) is 5.82 Å². The van der Waals surface area contributed by atoms with Gasteiger partial charge in [-0.2, -0.15) is 8.42 Å². The van der Waals surface area contributed by atoms with E-state index in [0.29, 0.717) is 11.5 Å². The second-order valence-electron chi connectivity index (χ2n) is 4.09. The van der Waals surface area contributed by atoms with Gasteiger partial charge < -0.3 is 4.98 Å². The van der Waals surface area contributed by atoms with Crippen LogP contribution in [0.15, 0.2) is 35.5 Å². The fraction of sp³-hybridized carbons (Fsp3) is 0.250. The quantitative estimate of drug-likeness (QED) is 0.921. The zero-order valence-corrected chi connectivity index (χ0v) is 11.3. The Balaban J connectivity index is 2.46. The third kappa shape index (κ3) is 2.11. The molecule has 2 rings (SSSR count). The Morgan fingerprint density at radius 2 is 1.89 bits per heavy atom. The maximum Gasteiger partial charge on any atom is 0.281 e. The fourth-order valence-electron chi connectivity index (χ4n) is 1.72. The van der Waals surface area contributed by atoms with Gasteiger partial charge in [0, 0.05) is 7.05 Å². The van der Waals surface area contributed by atoms with Crippen molar-refractivity contribution >= 4 is 15.7 Å². The van der Waals surface area contributed by atoms with Gasteiger partial charge in [0.15, 0.2) is 5.03 Å². The van der Waals surface area contributed by atoms with Gasteiger partial charge in [-0.25, -0.2) is 4.98 Å². The van der Waals surface area contributed by atoms with Crippen LogP contribution in [0.1, 0.15) is 11.4 Å². The lowest BCUT2D eigenvalue weighted by molar-refractivity contribution is 0.591. The van der Waals surface area contributed by atoms with E-state index in [2.05, 4.69) is 9.97 Å². The smallest absolute Gasteiger partial charge is 0.281 e. The molecular formula is C12H15N3O2S. The summed E-state index contributed by atoms with van der Waals surface area (Å²) in [5, 5.41) is 0.103. The summed E-state index contributed by atoms with van der Waals surface area (Å²) in [6, 6.07) is 7.34. The second kappa shape index (κ2) is 4.45. The van der Waals surface area contributed by atoms with Crippen LogP contribution in [0.2, 0.25) is 0 Å². The van der Waals surface area contributed by atoms with Crippen molar-refractivity contribution in [2.24, 2.45) is 0 Å². The molecule has 2 aromatic rings. The van der Waals surface area contributed by atoms with Crippen LogP contribution in [0.4, 0.5) is 5.69 Å². The number of aromatic amines is 1. The van der Waals surface area contributed by atoms with Gasteiger partial charge in [0.05, 0.1) is 11.9 Å². The van der Waals surface area contributed by atoms with E-state index >= 15 is 0 Å². The Kier molecular flexibility index (Phi) is 3.13. The van der Waals surface area contributed by atoms with Crippen molar-refractivity contribution in [1.29, 1.82) is 0 Å². The minimum Gasteiger partial charge on any atom is -0.332 e. The highest BCUT2D eigenvalue weighted by atomic mass is 32.2. The van der Waals surface area contributed by atoms with E-state index in [9.17, 15) is 8.42 Å². The molecule has 0 bridgehead atoms. The number of hydrogen-bond acceptors (Lipinski definition) is 3. The molecule has 6 heteroatoms. The van der Waals surface area contributed by atoms with Gasteiger partial charge in [0.25, 0.3) is 10.0 Å². The Bertz CT molecular complexity index is 661. The molecule has 1 N–H and O–H groups in total. The highest BCUT2D eigenvalue weighted by molar-refractivity contribution is 7.92. The minimum atomic E-state index is -3.58. The highest BCUT2D eigenvalue weighted by Crippen LogP contribution is 2.23. The zero-order valence-electron chi connectivity index (χ0n) is 10.5. The van der Waals surface area contributed by atoms with Crippen LogP contribution in [0.5, 0.6) is 0 Å². The first-order chi connectivity index (χ1) is 8.43. The molecule has 1 heterocycles. The largest absolute Gasteiger partial charge is 0.332 e. The number of sulfonamides is 1. The molecule has 5 nitrogen and oxygen atoms in total. The maximum absolute atomic E-state index is 12.4. The number of anilines is 1. The number of aryl methyl sites for hydroxylation is 2. The van der Waals surface area contributed by atoms with Crippen molar-refractivity contribution in [2.75, 3.05) is 11.4 Å². The molecule has 0 spiro atoms. The summed E-state index contributed by atoms with van der Waals surface area (Å²) in [4.78, 5) is 6.67. The van der Waals surface area contributed by atoms with E-state index in [4.69, 9.17) is 0 Å². The van der Waals surface area contributed by atoms with Crippen LogP contribution in [0.3, 0.4) is 0 Å². The van der Waals surface area contributed by atoms with Crippen molar-refractivity contribution in [3.8, 4) is 0 Å². The van der Waals surface area contributed by atoms with Crippen LogP contribution < -0.4 is 4.31 Å². The molecule has 0 saturated carbocycles. The van der Waals surface area contributed by atoms with Gasteiger partial charge in [-0.05, 0) is 25.5 Å². The zero-order chi connectivity index (χ0) is 13.3. The monoisotopic (exact) mass is 265 g/mol. The van der Waals surface area contributed by atoms with Gasteiger partial charge in [0.2, 0.25) is 0 Å². The van der Waals surface area contributed by atoms with Crippen LogP contribution in [0, 0.1) is 13.8 Å². The fourth-order valence-corrected chi connectivity index (χ4v) is 2.94. The molecular weight excluding hydrogens is 250 g/mol. The predicted molar refractivity (Wildman–Crippen MR) is 70.1 cm³/mol. The summed E-state index contributed by atoms with van der Waals surface area (Å²) < 4.78 is 26.0. The second-order valence-corrected chi connectivity index (χ2v) is 6.03. The molecule has 96 valence electrons. The molecule has 0 aliphatic heterocycles. The van der Waals surface area contributed by atoms with Crippen molar-refractivity contribution in [3.05, 3.63) is 41.9 Å². The van der Waals surface area contributed by atoms with E-state index in [-0.39, 0.29) is 5.03 Å². The van der Waals surface area contributed by atoms with Crippen LogP contribution in [0.25, 0.3) is 0 Å². The lowest BCUT2D eigenvalue weighted by atomic mass is 10.2. The molecule has 1 aromatic heterocycles. The van der Waals surface area contributed by atoms with Crippen LogP contribution >= 0.6 is 0 Å². The summed E-state index contributed by atoms with van der Waals surface area (Å²) in [5.74, 6) is 0.576. The molecule has 0 atom stereocenters. The predicted octanol–water partition coefficient (Wildman–Crippen LogP) is 1.85. The van der Waals surface area contributed by atoms with Gasteiger partial charge in [-0.1, -0.05) is 18.2 Å². The van der Waals surface area contributed by atoms with E-state index in [1.807, 2.05) is 25.1 Å². The summed E-state index contributed by atoms with van der Waals surface area (Å²) in [6.07, 6.45) is 1.33. The topological polar surface area (TPSA) is 66.1 Å². The first kappa shape index (κ1) is 12.6. The third-order valence-corrected chi connectivity index (χ3v) is 4.45. The standard InChI is InChI=1S/C12H15N3O2S/c1-9-6-4-5-7-11(9)15(3)18(16,17)12-8-13-10(2)14-12/h4-8H,1-3H3,(H,13,14). The number of nitrogens with zero attached hydrogens (tertiary/aromatic N) is 2. The van der Waals surface area contributed by atoms with Gasteiger partial charge in [-0.3, -0.25) is 4.31 Å². The first-order valence-electron chi connectivity index (χ1n) is 5.49. The number of aromatic nitrogens is 2. The molecule has 0 aliphatic carbocycles. The van der Waals surface area contributed by atoms with Crippen LogP contribution in [-0.4, -0.2) is 25.4 Å². The Morgan fingerprint density at radius 3 is 2.44 bits per heavy atom. The third-order valence-electron chi connectivity index (χ3n) is 2.77. The highest BCUT2D eigenvalue weighted by Gasteiger charge is 2.23. The first-order valence-corrected chi connectivity index (χ1v) is 6.93. The lowest BCUT2D eigenvalue weighted by Crippen LogP contribution is -2.27. The van der Waals surface area contributed by atoms with Crippen LogP contribution in [-0.2, 0) is 10.0 Å². The molecule has 0 saturated heterocycles. The normalized spacial score (nSPS) is 11.5. The minimum absolute atomic E-state index is 0.103. The lowest BCUT2D eigenvalue weighted by Gasteiger charge is -2.20. The maximum atomic E-state index is 12.4. The summed E-state index contributed by atoms with van der Waals surface area (Å²) in [5.41, 5.74) is 1.56. The summed E-state index contributed by atoms with van der Waals surface area (Å²) in [7, 11) is -2.04. The SMILES string of the molecule is Cc1ncc(S(=O)(=O)N(C)c2ccccc2C)[nH]1. The molecule has 0 amide bonds. The molecule has 0 fully saturated rings. The number of para-hydroxylation sites is 1. The van der Waals surface area contributed by atoms with E-state index in [1.54, 1.807) is 13.0 Å². The molecule has 0 unspecified atom stereocenters. The Labute approximate surface area is 107 Å². The molecule has 0 radical (unpaired) electrons. The number of rotatable bonds is 3. The average Bonchev–Trinajstić information content (AvgIpc) is 2.76. The number of hydrogen-bond donors (Lipinski definition) is 1. The van der Waals surface area contributed by atoms with E-state index in [1.165, 1.54) is 17.5 Å². The summed E-state index contributed by atoms with van der Waals surface area (Å²) >= 11 is 0. The number of H-pyrrole nitrogens is 1. The Morgan fingerprint density at radius 1 is 1.22 bits per heavy atom. The van der Waals surface area contributed by atoms with Gasteiger partial charge >= 0.3 is 0 Å². The molecule has 18 heavy (non-hydrogen) atoms. The van der Waals surface area contributed by atoms with E-state index < -0.39 is 10.0 Å². The van der Waals surface area contributed by atoms with Gasteiger partial charge in [-0.15, -0.1) is 0 Å². The number of nitrogens with one attached hydrogen (secondary N) is 1. The number of imidazole rings is 1.